The van der Waals surface area contributed by atoms with Gasteiger partial charge in [-0.15, -0.1) is 0 Å². The Bertz CT molecular complexity index is 809. The first-order valence-corrected chi connectivity index (χ1v) is 9.13. The molecule has 0 fully saturated rings. The van der Waals surface area contributed by atoms with Gasteiger partial charge < -0.3 is 4.79 Å². The minimum absolute atomic E-state index is 0.0499. The monoisotopic (exact) mass is 350 g/mol. The molecule has 0 aliphatic rings. The van der Waals surface area contributed by atoms with Gasteiger partial charge in [-0.1, -0.05) is 35.9 Å². The zero-order chi connectivity index (χ0) is 17.0. The number of sulfone groups is 1. The SMILES string of the molecule is CS(=O)(=O)c1ccc(C(=O)C(CC=O)c2ccc(Cl)cc2)cc1. The molecule has 0 radical (unpaired) electrons. The smallest absolute Gasteiger partial charge is 0.175 e. The molecule has 4 nitrogen and oxygen atoms in total. The van der Waals surface area contributed by atoms with Crippen LogP contribution in [0.1, 0.15) is 28.3 Å². The van der Waals surface area contributed by atoms with E-state index in [-0.39, 0.29) is 17.1 Å². The Balaban J connectivity index is 2.34. The molecule has 0 aromatic heterocycles. The maximum Gasteiger partial charge on any atom is 0.175 e. The average Bonchev–Trinajstić information content (AvgIpc) is 2.52. The Labute approximate surface area is 140 Å². The van der Waals surface area contributed by atoms with Crippen LogP contribution in [0.4, 0.5) is 0 Å². The van der Waals surface area contributed by atoms with Crippen molar-refractivity contribution in [3.63, 3.8) is 0 Å². The molecular weight excluding hydrogens is 336 g/mol. The van der Waals surface area contributed by atoms with Gasteiger partial charge in [0.2, 0.25) is 0 Å². The molecule has 0 amide bonds. The molecule has 0 aliphatic carbocycles. The zero-order valence-electron chi connectivity index (χ0n) is 12.4. The Morgan fingerprint density at radius 2 is 1.65 bits per heavy atom. The van der Waals surface area contributed by atoms with E-state index in [0.29, 0.717) is 22.4 Å². The lowest BCUT2D eigenvalue weighted by atomic mass is 9.88. The second-order valence-corrected chi connectivity index (χ2v) is 7.62. The van der Waals surface area contributed by atoms with E-state index in [4.69, 9.17) is 11.6 Å². The van der Waals surface area contributed by atoms with Crippen LogP contribution in [0.25, 0.3) is 0 Å². The van der Waals surface area contributed by atoms with Crippen molar-refractivity contribution in [3.8, 4) is 0 Å². The lowest BCUT2D eigenvalue weighted by Gasteiger charge is -2.14. The minimum Gasteiger partial charge on any atom is -0.303 e. The molecule has 0 spiro atoms. The highest BCUT2D eigenvalue weighted by atomic mass is 35.5. The fourth-order valence-electron chi connectivity index (χ4n) is 2.25. The number of carbonyl (C=O) groups excluding carboxylic acids is 2. The normalized spacial score (nSPS) is 12.6. The lowest BCUT2D eigenvalue weighted by molar-refractivity contribution is -0.108. The van der Waals surface area contributed by atoms with E-state index in [1.54, 1.807) is 24.3 Å². The Morgan fingerprint density at radius 1 is 1.09 bits per heavy atom. The number of aldehydes is 1. The van der Waals surface area contributed by atoms with Crippen LogP contribution >= 0.6 is 11.6 Å². The molecule has 0 heterocycles. The third-order valence-electron chi connectivity index (χ3n) is 3.49. The molecule has 0 aliphatic heterocycles. The molecular formula is C17H15ClO4S. The fourth-order valence-corrected chi connectivity index (χ4v) is 3.01. The number of benzene rings is 2. The standard InChI is InChI=1S/C17H15ClO4S/c1-23(21,22)15-8-4-13(5-9-15)17(20)16(10-11-19)12-2-6-14(18)7-3-12/h2-9,11,16H,10H2,1H3. The number of hydrogen-bond acceptors (Lipinski definition) is 4. The van der Waals surface area contributed by atoms with Crippen molar-refractivity contribution in [1.82, 2.24) is 0 Å². The first-order valence-electron chi connectivity index (χ1n) is 6.86. The fraction of sp³-hybridized carbons (Fsp3) is 0.176. The number of Topliss-reactive ketones (excluding diaryl/α,β-unsaturated/α-hetero) is 1. The van der Waals surface area contributed by atoms with Crippen LogP contribution in [-0.2, 0) is 14.6 Å². The highest BCUT2D eigenvalue weighted by Gasteiger charge is 2.22. The molecule has 120 valence electrons. The molecule has 2 rings (SSSR count). The highest BCUT2D eigenvalue weighted by molar-refractivity contribution is 7.90. The molecule has 0 saturated carbocycles. The molecule has 0 saturated heterocycles. The van der Waals surface area contributed by atoms with Crippen LogP contribution in [-0.4, -0.2) is 26.7 Å². The van der Waals surface area contributed by atoms with Crippen LogP contribution in [0.5, 0.6) is 0 Å². The molecule has 2 aromatic carbocycles. The van der Waals surface area contributed by atoms with Gasteiger partial charge in [0.25, 0.3) is 0 Å². The van der Waals surface area contributed by atoms with E-state index in [2.05, 4.69) is 0 Å². The van der Waals surface area contributed by atoms with E-state index in [1.165, 1.54) is 24.3 Å². The first-order chi connectivity index (χ1) is 10.8. The lowest BCUT2D eigenvalue weighted by Crippen LogP contribution is -2.14. The second kappa shape index (κ2) is 7.06. The van der Waals surface area contributed by atoms with Gasteiger partial charge in [0.15, 0.2) is 15.6 Å². The summed E-state index contributed by atoms with van der Waals surface area (Å²) >= 11 is 5.84. The first kappa shape index (κ1) is 17.4. The number of hydrogen-bond donors (Lipinski definition) is 0. The zero-order valence-corrected chi connectivity index (χ0v) is 14.0. The van der Waals surface area contributed by atoms with Crippen molar-refractivity contribution in [1.29, 1.82) is 0 Å². The summed E-state index contributed by atoms with van der Waals surface area (Å²) in [4.78, 5) is 23.7. The molecule has 1 unspecified atom stereocenters. The number of ketones is 1. The summed E-state index contributed by atoms with van der Waals surface area (Å²) in [7, 11) is -3.31. The van der Waals surface area contributed by atoms with Gasteiger partial charge in [-0.25, -0.2) is 8.42 Å². The summed E-state index contributed by atoms with van der Waals surface area (Å²) in [5.74, 6) is -0.853. The molecule has 6 heteroatoms. The number of rotatable bonds is 6. The van der Waals surface area contributed by atoms with Gasteiger partial charge in [0, 0.05) is 23.3 Å². The van der Waals surface area contributed by atoms with Gasteiger partial charge in [0.05, 0.1) is 10.8 Å². The van der Waals surface area contributed by atoms with Crippen LogP contribution in [0, 0.1) is 0 Å². The topological polar surface area (TPSA) is 68.3 Å². The predicted molar refractivity (Wildman–Crippen MR) is 88.8 cm³/mol. The average molecular weight is 351 g/mol. The van der Waals surface area contributed by atoms with E-state index < -0.39 is 15.8 Å². The summed E-state index contributed by atoms with van der Waals surface area (Å²) in [5.41, 5.74) is 1.05. The van der Waals surface area contributed by atoms with Crippen molar-refractivity contribution < 1.29 is 18.0 Å². The molecule has 0 N–H and O–H groups in total. The van der Waals surface area contributed by atoms with Crippen LogP contribution in [0.15, 0.2) is 53.4 Å². The van der Waals surface area contributed by atoms with Gasteiger partial charge in [-0.3, -0.25) is 4.79 Å². The van der Waals surface area contributed by atoms with Crippen molar-refractivity contribution in [2.24, 2.45) is 0 Å². The van der Waals surface area contributed by atoms with Crippen molar-refractivity contribution in [2.75, 3.05) is 6.26 Å². The van der Waals surface area contributed by atoms with E-state index >= 15 is 0 Å². The molecule has 2 aromatic rings. The largest absolute Gasteiger partial charge is 0.303 e. The molecule has 1 atom stereocenters. The van der Waals surface area contributed by atoms with E-state index in [0.717, 1.165) is 6.26 Å². The summed E-state index contributed by atoms with van der Waals surface area (Å²) < 4.78 is 22.9. The van der Waals surface area contributed by atoms with Gasteiger partial charge in [-0.2, -0.15) is 0 Å². The van der Waals surface area contributed by atoms with E-state index in [1.807, 2.05) is 0 Å². The van der Waals surface area contributed by atoms with E-state index in [9.17, 15) is 18.0 Å². The predicted octanol–water partition coefficient (Wildman–Crippen LogP) is 3.30. The number of carbonyl (C=O) groups is 2. The summed E-state index contributed by atoms with van der Waals surface area (Å²) in [6.07, 6.45) is 1.85. The van der Waals surface area contributed by atoms with Crippen molar-refractivity contribution in [3.05, 3.63) is 64.7 Å². The van der Waals surface area contributed by atoms with Crippen LogP contribution < -0.4 is 0 Å². The minimum atomic E-state index is -3.31. The Hall–Kier alpha value is -1.98. The van der Waals surface area contributed by atoms with Crippen LogP contribution in [0.3, 0.4) is 0 Å². The number of halogens is 1. The quantitative estimate of drug-likeness (QED) is 0.592. The Morgan fingerprint density at radius 3 is 2.13 bits per heavy atom. The summed E-state index contributed by atoms with van der Waals surface area (Å²) in [6, 6.07) is 12.5. The van der Waals surface area contributed by atoms with Gasteiger partial charge >= 0.3 is 0 Å². The van der Waals surface area contributed by atoms with Gasteiger partial charge in [0.1, 0.15) is 6.29 Å². The van der Waals surface area contributed by atoms with Crippen LogP contribution in [0.2, 0.25) is 5.02 Å². The third kappa shape index (κ3) is 4.27. The summed E-state index contributed by atoms with van der Waals surface area (Å²) in [5, 5.41) is 0.545. The summed E-state index contributed by atoms with van der Waals surface area (Å²) in [6.45, 7) is 0. The highest BCUT2D eigenvalue weighted by Crippen LogP contribution is 2.25. The van der Waals surface area contributed by atoms with Crippen molar-refractivity contribution >= 4 is 33.5 Å². The van der Waals surface area contributed by atoms with Gasteiger partial charge in [-0.05, 0) is 29.8 Å². The maximum absolute atomic E-state index is 12.6. The van der Waals surface area contributed by atoms with Crippen molar-refractivity contribution in [2.45, 2.75) is 17.2 Å². The Kier molecular flexibility index (Phi) is 5.34. The second-order valence-electron chi connectivity index (χ2n) is 5.17. The molecule has 23 heavy (non-hydrogen) atoms. The maximum atomic E-state index is 12.6. The third-order valence-corrected chi connectivity index (χ3v) is 4.87. The molecule has 0 bridgehead atoms.